The van der Waals surface area contributed by atoms with Gasteiger partial charge in [0.25, 0.3) is 0 Å². The molecule has 0 unspecified atom stereocenters. The van der Waals surface area contributed by atoms with Crippen LogP contribution in [-0.4, -0.2) is 31.4 Å². The van der Waals surface area contributed by atoms with Gasteiger partial charge in [-0.25, -0.2) is 0 Å². The fraction of sp³-hybridized carbons (Fsp3) is 0.636. The molecule has 3 rings (SSSR count). The minimum Gasteiger partial charge on any atom is -0.338 e. The number of aryl methyl sites for hydroxylation is 1. The van der Waals surface area contributed by atoms with E-state index in [2.05, 4.69) is 20.3 Å². The third-order valence-corrected chi connectivity index (χ3v) is 3.96. The van der Waals surface area contributed by atoms with Crippen molar-refractivity contribution in [2.75, 3.05) is 6.54 Å². The highest BCUT2D eigenvalue weighted by molar-refractivity contribution is 7.98. The highest BCUT2D eigenvalue weighted by Gasteiger charge is 2.28. The Balaban J connectivity index is 1.64. The summed E-state index contributed by atoms with van der Waals surface area (Å²) < 4.78 is 7.23. The summed E-state index contributed by atoms with van der Waals surface area (Å²) in [7, 11) is 0. The predicted molar refractivity (Wildman–Crippen MR) is 69.6 cm³/mol. The number of thioether (sulfide) groups is 1. The highest BCUT2D eigenvalue weighted by atomic mass is 32.2. The van der Waals surface area contributed by atoms with Crippen LogP contribution in [0.5, 0.6) is 0 Å². The summed E-state index contributed by atoms with van der Waals surface area (Å²) in [5.74, 6) is 3.49. The lowest BCUT2D eigenvalue weighted by Crippen LogP contribution is -2.12. The van der Waals surface area contributed by atoms with Gasteiger partial charge in [0.05, 0.1) is 5.75 Å². The van der Waals surface area contributed by atoms with Gasteiger partial charge in [-0.05, 0) is 19.8 Å². The van der Waals surface area contributed by atoms with Gasteiger partial charge in [0.1, 0.15) is 5.82 Å². The zero-order valence-electron chi connectivity index (χ0n) is 10.7. The summed E-state index contributed by atoms with van der Waals surface area (Å²) in [5, 5.41) is 13.0. The topological polar surface area (TPSA) is 95.6 Å². The molecule has 102 valence electrons. The summed E-state index contributed by atoms with van der Waals surface area (Å²) in [6.45, 7) is 3.21. The molecule has 1 saturated carbocycles. The summed E-state index contributed by atoms with van der Waals surface area (Å²) >= 11 is 1.54. The van der Waals surface area contributed by atoms with Crippen molar-refractivity contribution in [1.29, 1.82) is 0 Å². The maximum atomic E-state index is 5.58. The van der Waals surface area contributed by atoms with Gasteiger partial charge in [-0.15, -0.1) is 10.2 Å². The van der Waals surface area contributed by atoms with E-state index in [-0.39, 0.29) is 0 Å². The largest absolute Gasteiger partial charge is 0.338 e. The highest BCUT2D eigenvalue weighted by Crippen LogP contribution is 2.38. The van der Waals surface area contributed by atoms with Gasteiger partial charge in [-0.1, -0.05) is 16.9 Å². The van der Waals surface area contributed by atoms with Gasteiger partial charge in [0.2, 0.25) is 5.89 Å². The van der Waals surface area contributed by atoms with Crippen LogP contribution in [0.1, 0.15) is 36.3 Å². The molecule has 0 radical (unpaired) electrons. The number of hydrogen-bond acceptors (Lipinski definition) is 7. The number of hydrogen-bond donors (Lipinski definition) is 1. The lowest BCUT2D eigenvalue weighted by Gasteiger charge is -2.04. The van der Waals surface area contributed by atoms with Crippen LogP contribution in [0.15, 0.2) is 9.68 Å². The van der Waals surface area contributed by atoms with Crippen molar-refractivity contribution in [1.82, 2.24) is 24.9 Å². The van der Waals surface area contributed by atoms with Gasteiger partial charge >= 0.3 is 0 Å². The van der Waals surface area contributed by atoms with E-state index < -0.39 is 0 Å². The first-order chi connectivity index (χ1) is 9.28. The van der Waals surface area contributed by atoms with Crippen molar-refractivity contribution in [2.24, 2.45) is 5.73 Å². The maximum absolute atomic E-state index is 5.58. The van der Waals surface area contributed by atoms with Crippen molar-refractivity contribution >= 4 is 11.8 Å². The molecule has 19 heavy (non-hydrogen) atoms. The Labute approximate surface area is 115 Å². The van der Waals surface area contributed by atoms with E-state index in [1.807, 2.05) is 11.5 Å². The molecule has 7 nitrogen and oxygen atoms in total. The molecular formula is C11H16N6OS. The Morgan fingerprint density at radius 3 is 3.00 bits per heavy atom. The van der Waals surface area contributed by atoms with Crippen LogP contribution >= 0.6 is 11.8 Å². The van der Waals surface area contributed by atoms with Crippen molar-refractivity contribution in [3.63, 3.8) is 0 Å². The van der Waals surface area contributed by atoms with Crippen molar-refractivity contribution in [3.8, 4) is 0 Å². The van der Waals surface area contributed by atoms with Crippen LogP contribution in [0.3, 0.4) is 0 Å². The molecule has 2 aromatic heterocycles. The number of nitrogens with zero attached hydrogens (tertiary/aromatic N) is 5. The third-order valence-electron chi connectivity index (χ3n) is 3.01. The van der Waals surface area contributed by atoms with Gasteiger partial charge < -0.3 is 14.8 Å². The van der Waals surface area contributed by atoms with E-state index in [1.54, 1.807) is 11.8 Å². The minimum atomic E-state index is 0.519. The molecule has 1 fully saturated rings. The van der Waals surface area contributed by atoms with Crippen LogP contribution in [0.2, 0.25) is 0 Å². The first kappa shape index (κ1) is 12.6. The van der Waals surface area contributed by atoms with E-state index in [0.717, 1.165) is 23.4 Å². The lowest BCUT2D eigenvalue weighted by molar-refractivity contribution is 0.385. The molecule has 0 aromatic carbocycles. The maximum Gasteiger partial charge on any atom is 0.237 e. The molecule has 1 aliphatic carbocycles. The summed E-state index contributed by atoms with van der Waals surface area (Å²) in [6, 6.07) is 0. The second-order valence-corrected chi connectivity index (χ2v) is 5.52. The third kappa shape index (κ3) is 2.79. The van der Waals surface area contributed by atoms with Crippen LogP contribution in [0, 0.1) is 6.92 Å². The second-order valence-electron chi connectivity index (χ2n) is 4.58. The molecule has 2 aromatic rings. The number of nitrogens with two attached hydrogens (primary N) is 1. The molecule has 0 amide bonds. The fourth-order valence-corrected chi connectivity index (χ4v) is 2.66. The monoisotopic (exact) mass is 280 g/mol. The molecule has 8 heteroatoms. The fourth-order valence-electron chi connectivity index (χ4n) is 1.82. The van der Waals surface area contributed by atoms with E-state index in [4.69, 9.17) is 10.3 Å². The molecular weight excluding hydrogens is 264 g/mol. The predicted octanol–water partition coefficient (Wildman–Crippen LogP) is 1.10. The number of rotatable bonds is 6. The minimum absolute atomic E-state index is 0.519. The van der Waals surface area contributed by atoms with E-state index in [1.165, 1.54) is 12.8 Å². The lowest BCUT2D eigenvalue weighted by atomic mass is 10.4. The average Bonchev–Trinajstić information content (AvgIpc) is 3.06. The van der Waals surface area contributed by atoms with Gasteiger partial charge in [-0.2, -0.15) is 4.98 Å². The zero-order chi connectivity index (χ0) is 13.2. The van der Waals surface area contributed by atoms with Gasteiger partial charge in [-0.3, -0.25) is 0 Å². The molecule has 2 heterocycles. The van der Waals surface area contributed by atoms with Crippen LogP contribution < -0.4 is 5.73 Å². The van der Waals surface area contributed by atoms with Crippen LogP contribution in [0.4, 0.5) is 0 Å². The molecule has 0 spiro atoms. The Kier molecular flexibility index (Phi) is 3.52. The Morgan fingerprint density at radius 1 is 1.42 bits per heavy atom. The Hall–Kier alpha value is -1.41. The van der Waals surface area contributed by atoms with Gasteiger partial charge in [0, 0.05) is 19.0 Å². The van der Waals surface area contributed by atoms with Crippen LogP contribution in [0.25, 0.3) is 0 Å². The quantitative estimate of drug-likeness (QED) is 0.791. The van der Waals surface area contributed by atoms with Crippen molar-refractivity contribution in [2.45, 2.75) is 43.1 Å². The molecule has 0 atom stereocenters. The molecule has 0 saturated heterocycles. The smallest absolute Gasteiger partial charge is 0.237 e. The summed E-state index contributed by atoms with van der Waals surface area (Å²) in [4.78, 5) is 4.39. The van der Waals surface area contributed by atoms with E-state index >= 15 is 0 Å². The molecule has 2 N–H and O–H groups in total. The number of aromatic nitrogens is 5. The second kappa shape index (κ2) is 5.30. The Bertz CT molecular complexity index is 561. The standard InChI is InChI=1S/C11H16N6OS/c1-7-14-15-11(17(7)5-4-12)19-6-9-13-10(16-18-9)8-2-3-8/h8H,2-6,12H2,1H3. The van der Waals surface area contributed by atoms with Gasteiger partial charge in [0.15, 0.2) is 11.0 Å². The zero-order valence-corrected chi connectivity index (χ0v) is 11.6. The molecule has 0 bridgehead atoms. The summed E-state index contributed by atoms with van der Waals surface area (Å²) in [5.41, 5.74) is 5.58. The van der Waals surface area contributed by atoms with E-state index in [0.29, 0.717) is 24.1 Å². The molecule has 1 aliphatic rings. The van der Waals surface area contributed by atoms with E-state index in [9.17, 15) is 0 Å². The van der Waals surface area contributed by atoms with Crippen molar-refractivity contribution < 1.29 is 4.52 Å². The van der Waals surface area contributed by atoms with Crippen molar-refractivity contribution in [3.05, 3.63) is 17.5 Å². The Morgan fingerprint density at radius 2 is 2.26 bits per heavy atom. The first-order valence-electron chi connectivity index (χ1n) is 6.33. The SMILES string of the molecule is Cc1nnc(SCc2nc(C3CC3)no2)n1CCN. The first-order valence-corrected chi connectivity index (χ1v) is 7.31. The van der Waals surface area contributed by atoms with Crippen LogP contribution in [-0.2, 0) is 12.3 Å². The molecule has 0 aliphatic heterocycles. The summed E-state index contributed by atoms with van der Waals surface area (Å²) in [6.07, 6.45) is 2.35. The average molecular weight is 280 g/mol. The normalized spacial score (nSPS) is 15.1.